The summed E-state index contributed by atoms with van der Waals surface area (Å²) in [6, 6.07) is 16.0. The molecule has 0 saturated heterocycles. The molecule has 1 unspecified atom stereocenters. The Balaban J connectivity index is 1.72. The maximum absolute atomic E-state index is 6.24. The number of halogens is 1. The van der Waals surface area contributed by atoms with Crippen LogP contribution in [0.1, 0.15) is 5.56 Å². The van der Waals surface area contributed by atoms with Crippen LogP contribution >= 0.6 is 11.6 Å². The maximum Gasteiger partial charge on any atom is 0.0958 e. The number of fused-ring (bicyclic) bond motifs is 1. The number of hydrogen-bond donors (Lipinski definition) is 1. The number of aromatic nitrogens is 2. The van der Waals surface area contributed by atoms with Gasteiger partial charge in [0.15, 0.2) is 0 Å². The van der Waals surface area contributed by atoms with Gasteiger partial charge < -0.3 is 10.3 Å². The average molecular weight is 286 g/mol. The SMILES string of the molecule is NC(Cc1ccc(Cl)cc1)Cn1cnc2ccccc21. The highest BCUT2D eigenvalue weighted by Crippen LogP contribution is 2.14. The second-order valence-corrected chi connectivity index (χ2v) is 5.41. The molecule has 3 nitrogen and oxygen atoms in total. The fourth-order valence-electron chi connectivity index (χ4n) is 2.40. The first-order valence-electron chi connectivity index (χ1n) is 6.62. The van der Waals surface area contributed by atoms with Gasteiger partial charge in [-0.2, -0.15) is 0 Å². The van der Waals surface area contributed by atoms with Gasteiger partial charge in [0, 0.05) is 17.6 Å². The Kier molecular flexibility index (Phi) is 3.72. The lowest BCUT2D eigenvalue weighted by molar-refractivity contribution is 0.559. The van der Waals surface area contributed by atoms with Crippen molar-refractivity contribution in [1.29, 1.82) is 0 Å². The van der Waals surface area contributed by atoms with Gasteiger partial charge in [-0.3, -0.25) is 0 Å². The third-order valence-corrected chi connectivity index (χ3v) is 3.62. The molecule has 0 amide bonds. The van der Waals surface area contributed by atoms with Crippen molar-refractivity contribution >= 4 is 22.6 Å². The van der Waals surface area contributed by atoms with E-state index in [-0.39, 0.29) is 6.04 Å². The fourth-order valence-corrected chi connectivity index (χ4v) is 2.52. The highest BCUT2D eigenvalue weighted by molar-refractivity contribution is 6.30. The Bertz CT molecular complexity index is 703. The van der Waals surface area contributed by atoms with E-state index in [0.29, 0.717) is 0 Å². The Morgan fingerprint density at radius 2 is 1.85 bits per heavy atom. The lowest BCUT2D eigenvalue weighted by atomic mass is 10.1. The van der Waals surface area contributed by atoms with Crippen LogP contribution in [-0.2, 0) is 13.0 Å². The number of nitrogens with zero attached hydrogens (tertiary/aromatic N) is 2. The van der Waals surface area contributed by atoms with Crippen molar-refractivity contribution in [2.75, 3.05) is 0 Å². The van der Waals surface area contributed by atoms with Gasteiger partial charge in [-0.25, -0.2) is 4.98 Å². The lowest BCUT2D eigenvalue weighted by Crippen LogP contribution is -2.28. The maximum atomic E-state index is 6.24. The summed E-state index contributed by atoms with van der Waals surface area (Å²) in [5.41, 5.74) is 9.57. The summed E-state index contributed by atoms with van der Waals surface area (Å²) in [6.07, 6.45) is 2.68. The van der Waals surface area contributed by atoms with Crippen molar-refractivity contribution in [3.63, 3.8) is 0 Å². The molecule has 0 aliphatic heterocycles. The largest absolute Gasteiger partial charge is 0.329 e. The molecular weight excluding hydrogens is 270 g/mol. The van der Waals surface area contributed by atoms with Gasteiger partial charge in [0.1, 0.15) is 0 Å². The van der Waals surface area contributed by atoms with Crippen molar-refractivity contribution in [2.45, 2.75) is 19.0 Å². The molecule has 1 atom stereocenters. The number of nitrogens with two attached hydrogens (primary N) is 1. The highest BCUT2D eigenvalue weighted by atomic mass is 35.5. The van der Waals surface area contributed by atoms with Gasteiger partial charge in [0.2, 0.25) is 0 Å². The van der Waals surface area contributed by atoms with Gasteiger partial charge in [-0.1, -0.05) is 35.9 Å². The summed E-state index contributed by atoms with van der Waals surface area (Å²) in [5.74, 6) is 0. The molecule has 1 aromatic heterocycles. The Morgan fingerprint density at radius 3 is 2.65 bits per heavy atom. The zero-order chi connectivity index (χ0) is 13.9. The van der Waals surface area contributed by atoms with Gasteiger partial charge >= 0.3 is 0 Å². The van der Waals surface area contributed by atoms with Crippen molar-refractivity contribution in [3.8, 4) is 0 Å². The van der Waals surface area contributed by atoms with E-state index in [1.165, 1.54) is 5.56 Å². The molecule has 4 heteroatoms. The van der Waals surface area contributed by atoms with Crippen LogP contribution in [0.4, 0.5) is 0 Å². The molecule has 2 N–H and O–H groups in total. The topological polar surface area (TPSA) is 43.8 Å². The third kappa shape index (κ3) is 2.84. The van der Waals surface area contributed by atoms with Gasteiger partial charge in [-0.05, 0) is 36.2 Å². The predicted molar refractivity (Wildman–Crippen MR) is 82.9 cm³/mol. The number of imidazole rings is 1. The van der Waals surface area contributed by atoms with E-state index in [1.54, 1.807) is 0 Å². The molecule has 0 spiro atoms. The first-order chi connectivity index (χ1) is 9.72. The summed E-state index contributed by atoms with van der Waals surface area (Å²) in [4.78, 5) is 4.38. The Morgan fingerprint density at radius 1 is 1.10 bits per heavy atom. The fraction of sp³-hybridized carbons (Fsp3) is 0.188. The van der Waals surface area contributed by atoms with E-state index >= 15 is 0 Å². The van der Waals surface area contributed by atoms with Crippen LogP contribution in [0.5, 0.6) is 0 Å². The van der Waals surface area contributed by atoms with E-state index in [1.807, 2.05) is 48.8 Å². The summed E-state index contributed by atoms with van der Waals surface area (Å²) in [5, 5.41) is 0.753. The smallest absolute Gasteiger partial charge is 0.0958 e. The average Bonchev–Trinajstić information content (AvgIpc) is 2.85. The predicted octanol–water partition coefficient (Wildman–Crippen LogP) is 3.26. The van der Waals surface area contributed by atoms with Crippen LogP contribution in [-0.4, -0.2) is 15.6 Å². The number of para-hydroxylation sites is 2. The molecule has 0 radical (unpaired) electrons. The summed E-state index contributed by atoms with van der Waals surface area (Å²) < 4.78 is 2.11. The minimum atomic E-state index is 0.0498. The number of hydrogen-bond acceptors (Lipinski definition) is 2. The van der Waals surface area contributed by atoms with Crippen LogP contribution in [0, 0.1) is 0 Å². The highest BCUT2D eigenvalue weighted by Gasteiger charge is 2.08. The third-order valence-electron chi connectivity index (χ3n) is 3.37. The van der Waals surface area contributed by atoms with Crippen molar-refractivity contribution in [3.05, 3.63) is 65.4 Å². The van der Waals surface area contributed by atoms with E-state index < -0.39 is 0 Å². The second kappa shape index (κ2) is 5.65. The van der Waals surface area contributed by atoms with Crippen molar-refractivity contribution in [1.82, 2.24) is 9.55 Å². The molecular formula is C16H16ClN3. The number of benzene rings is 2. The summed E-state index contributed by atoms with van der Waals surface area (Å²) in [6.45, 7) is 0.753. The summed E-state index contributed by atoms with van der Waals surface area (Å²) in [7, 11) is 0. The van der Waals surface area contributed by atoms with E-state index in [0.717, 1.165) is 29.0 Å². The van der Waals surface area contributed by atoms with Crippen molar-refractivity contribution in [2.24, 2.45) is 5.73 Å². The van der Waals surface area contributed by atoms with Crippen LogP contribution in [0.3, 0.4) is 0 Å². The monoisotopic (exact) mass is 285 g/mol. The molecule has 0 saturated carbocycles. The van der Waals surface area contributed by atoms with E-state index in [4.69, 9.17) is 17.3 Å². The van der Waals surface area contributed by atoms with Gasteiger partial charge in [0.25, 0.3) is 0 Å². The lowest BCUT2D eigenvalue weighted by Gasteiger charge is -2.13. The Hall–Kier alpha value is -1.84. The van der Waals surface area contributed by atoms with Gasteiger partial charge in [0.05, 0.1) is 17.4 Å². The van der Waals surface area contributed by atoms with Crippen LogP contribution in [0.2, 0.25) is 5.02 Å². The minimum absolute atomic E-state index is 0.0498. The van der Waals surface area contributed by atoms with Crippen molar-refractivity contribution < 1.29 is 0 Å². The van der Waals surface area contributed by atoms with E-state index in [9.17, 15) is 0 Å². The first kappa shape index (κ1) is 13.2. The molecule has 0 aliphatic carbocycles. The molecule has 3 rings (SSSR count). The quantitative estimate of drug-likeness (QED) is 0.799. The molecule has 2 aromatic carbocycles. The summed E-state index contributed by atoms with van der Waals surface area (Å²) >= 11 is 5.89. The minimum Gasteiger partial charge on any atom is -0.329 e. The zero-order valence-corrected chi connectivity index (χ0v) is 11.8. The standard InChI is InChI=1S/C16H16ClN3/c17-13-7-5-12(6-8-13)9-14(18)10-20-11-19-15-3-1-2-4-16(15)20/h1-8,11,14H,9-10,18H2. The molecule has 3 aromatic rings. The molecule has 20 heavy (non-hydrogen) atoms. The van der Waals surface area contributed by atoms with Gasteiger partial charge in [-0.15, -0.1) is 0 Å². The molecule has 0 fully saturated rings. The zero-order valence-electron chi connectivity index (χ0n) is 11.0. The van der Waals surface area contributed by atoms with Crippen LogP contribution in [0.25, 0.3) is 11.0 Å². The van der Waals surface area contributed by atoms with Crippen LogP contribution in [0.15, 0.2) is 54.9 Å². The Labute approximate surface area is 123 Å². The first-order valence-corrected chi connectivity index (χ1v) is 7.00. The molecule has 0 bridgehead atoms. The van der Waals surface area contributed by atoms with E-state index in [2.05, 4.69) is 15.6 Å². The molecule has 1 heterocycles. The van der Waals surface area contributed by atoms with Crippen LogP contribution < -0.4 is 5.73 Å². The molecule has 0 aliphatic rings. The molecule has 102 valence electrons. The normalized spacial score (nSPS) is 12.7. The second-order valence-electron chi connectivity index (χ2n) is 4.98. The number of rotatable bonds is 4.